The number of likely N-dealkylation sites (tertiary alicyclic amines) is 1. The van der Waals surface area contributed by atoms with E-state index in [4.69, 9.17) is 0 Å². The lowest BCUT2D eigenvalue weighted by atomic mass is 10.0. The average molecular weight is 554 g/mol. The van der Waals surface area contributed by atoms with Crippen molar-refractivity contribution in [1.82, 2.24) is 20.5 Å². The van der Waals surface area contributed by atoms with Gasteiger partial charge in [-0.05, 0) is 81.6 Å². The number of anilines is 1. The van der Waals surface area contributed by atoms with Crippen LogP contribution in [0.2, 0.25) is 0 Å². The maximum Gasteiger partial charge on any atom is 0.256 e. The van der Waals surface area contributed by atoms with Crippen LogP contribution in [0.1, 0.15) is 87.4 Å². The number of hydrogen-bond acceptors (Lipinski definition) is 4. The number of benzene rings is 2. The van der Waals surface area contributed by atoms with Crippen LogP contribution in [0.5, 0.6) is 0 Å². The van der Waals surface area contributed by atoms with Crippen molar-refractivity contribution in [2.75, 3.05) is 31.5 Å². The molecule has 3 amide bonds. The number of carbonyl (C=O) groups is 3. The normalized spacial score (nSPS) is 16.8. The van der Waals surface area contributed by atoms with Crippen LogP contribution in [0.3, 0.4) is 0 Å². The zero-order chi connectivity index (χ0) is 28.9. The smallest absolute Gasteiger partial charge is 0.256 e. The van der Waals surface area contributed by atoms with Crippen molar-refractivity contribution < 1.29 is 14.4 Å². The van der Waals surface area contributed by atoms with Gasteiger partial charge in [0.25, 0.3) is 17.7 Å². The minimum atomic E-state index is -0.243. The Morgan fingerprint density at radius 3 is 2.51 bits per heavy atom. The molecule has 2 aliphatic rings. The van der Waals surface area contributed by atoms with E-state index >= 15 is 0 Å². The highest BCUT2D eigenvalue weighted by Gasteiger charge is 2.27. The van der Waals surface area contributed by atoms with Gasteiger partial charge >= 0.3 is 0 Å². The van der Waals surface area contributed by atoms with Gasteiger partial charge in [0.2, 0.25) is 0 Å². The molecule has 1 fully saturated rings. The van der Waals surface area contributed by atoms with Gasteiger partial charge in [0, 0.05) is 41.3 Å². The van der Waals surface area contributed by atoms with Crippen molar-refractivity contribution in [3.05, 3.63) is 87.7 Å². The highest BCUT2D eigenvalue weighted by Crippen LogP contribution is 2.35. The fourth-order valence-electron chi connectivity index (χ4n) is 5.82. The number of H-pyrrole nitrogens is 1. The summed E-state index contributed by atoms with van der Waals surface area (Å²) in [6, 6.07) is 15.0. The van der Waals surface area contributed by atoms with Gasteiger partial charge < -0.3 is 25.8 Å². The average Bonchev–Trinajstić information content (AvgIpc) is 3.45. The van der Waals surface area contributed by atoms with Crippen LogP contribution < -0.4 is 16.0 Å². The summed E-state index contributed by atoms with van der Waals surface area (Å²) >= 11 is 0. The number of carbonyl (C=O) groups excluding carboxylic acids is 3. The lowest BCUT2D eigenvalue weighted by Crippen LogP contribution is -2.37. The summed E-state index contributed by atoms with van der Waals surface area (Å²) in [4.78, 5) is 45.0. The summed E-state index contributed by atoms with van der Waals surface area (Å²) < 4.78 is 0. The fraction of sp³-hybridized carbons (Fsp3) is 0.364. The number of nitrogens with one attached hydrogen (secondary N) is 4. The molecular formula is C33H39N5O3. The third-order valence-electron chi connectivity index (χ3n) is 8.13. The van der Waals surface area contributed by atoms with Crippen LogP contribution in [-0.2, 0) is 4.79 Å². The highest BCUT2D eigenvalue weighted by molar-refractivity contribution is 6.35. The molecule has 0 spiro atoms. The second kappa shape index (κ2) is 12.6. The van der Waals surface area contributed by atoms with Crippen molar-refractivity contribution in [2.24, 2.45) is 0 Å². The number of piperidine rings is 1. The lowest BCUT2D eigenvalue weighted by Gasteiger charge is -2.26. The minimum Gasteiger partial charge on any atom is -0.358 e. The van der Waals surface area contributed by atoms with E-state index < -0.39 is 0 Å². The van der Waals surface area contributed by atoms with E-state index in [2.05, 4.69) is 25.8 Å². The molecule has 3 heterocycles. The highest BCUT2D eigenvalue weighted by atomic mass is 16.2. The molecule has 1 saturated heterocycles. The molecule has 214 valence electrons. The van der Waals surface area contributed by atoms with E-state index in [1.54, 1.807) is 24.3 Å². The predicted molar refractivity (Wildman–Crippen MR) is 163 cm³/mol. The standard InChI is InChI=1S/C33H39N5O3/c1-4-27(23-11-7-5-8-12-23)36-31(39)24-13-14-28-25(19-24)26(32(40)37-28)20-29-21(2)30(22(3)35-29)33(41)34-15-18-38-16-9-6-10-17-38/h5,7-8,11-14,19-20,27,35H,4,6,9-10,15-18H2,1-3H3,(H,34,41)(H,36,39)(H,37,40)/b26-20-/t27-/m1/s1. The lowest BCUT2D eigenvalue weighted by molar-refractivity contribution is -0.110. The first kappa shape index (κ1) is 28.4. The molecule has 0 saturated carbocycles. The zero-order valence-corrected chi connectivity index (χ0v) is 24.1. The van der Waals surface area contributed by atoms with Gasteiger partial charge in [0.15, 0.2) is 0 Å². The molecule has 2 aliphatic heterocycles. The van der Waals surface area contributed by atoms with E-state index in [0.717, 1.165) is 42.9 Å². The number of rotatable bonds is 9. The maximum atomic E-state index is 13.2. The SMILES string of the molecule is CC[C@@H](NC(=O)c1ccc2c(c1)/C(=C/c1[nH]c(C)c(C(=O)NCCN3CCCCC3)c1C)C(=O)N2)c1ccccc1. The quantitative estimate of drug-likeness (QED) is 0.273. The van der Waals surface area contributed by atoms with E-state index in [-0.39, 0.29) is 23.8 Å². The molecule has 0 radical (unpaired) electrons. The zero-order valence-electron chi connectivity index (χ0n) is 24.1. The van der Waals surface area contributed by atoms with Gasteiger partial charge in [0.1, 0.15) is 0 Å². The van der Waals surface area contributed by atoms with Crippen LogP contribution in [-0.4, -0.2) is 53.8 Å². The molecule has 3 aromatic rings. The van der Waals surface area contributed by atoms with Crippen molar-refractivity contribution in [1.29, 1.82) is 0 Å². The summed E-state index contributed by atoms with van der Waals surface area (Å²) in [6.07, 6.45) is 6.25. The molecule has 0 bridgehead atoms. The Morgan fingerprint density at radius 2 is 1.78 bits per heavy atom. The molecule has 0 unspecified atom stereocenters. The molecule has 1 atom stereocenters. The molecule has 1 aromatic heterocycles. The Bertz CT molecular complexity index is 1470. The van der Waals surface area contributed by atoms with Crippen molar-refractivity contribution in [3.8, 4) is 0 Å². The van der Waals surface area contributed by atoms with Crippen LogP contribution in [0.15, 0.2) is 48.5 Å². The number of fused-ring (bicyclic) bond motifs is 1. The second-order valence-corrected chi connectivity index (χ2v) is 10.9. The van der Waals surface area contributed by atoms with Crippen LogP contribution in [0.25, 0.3) is 11.6 Å². The minimum absolute atomic E-state index is 0.110. The third-order valence-corrected chi connectivity index (χ3v) is 8.13. The first-order valence-electron chi connectivity index (χ1n) is 14.6. The van der Waals surface area contributed by atoms with E-state index in [1.807, 2.05) is 51.1 Å². The topological polar surface area (TPSA) is 106 Å². The van der Waals surface area contributed by atoms with Gasteiger partial charge in [-0.15, -0.1) is 0 Å². The Labute approximate surface area is 241 Å². The number of aryl methyl sites for hydroxylation is 1. The summed E-state index contributed by atoms with van der Waals surface area (Å²) in [5.41, 5.74) is 6.14. The Morgan fingerprint density at radius 1 is 1.02 bits per heavy atom. The molecule has 0 aliphatic carbocycles. The Balaban J connectivity index is 1.33. The van der Waals surface area contributed by atoms with Crippen LogP contribution >= 0.6 is 0 Å². The van der Waals surface area contributed by atoms with E-state index in [1.165, 1.54) is 19.3 Å². The number of aromatic nitrogens is 1. The fourth-order valence-corrected chi connectivity index (χ4v) is 5.82. The van der Waals surface area contributed by atoms with E-state index in [0.29, 0.717) is 40.2 Å². The summed E-state index contributed by atoms with van der Waals surface area (Å²) in [5.74, 6) is -0.554. The van der Waals surface area contributed by atoms with Crippen molar-refractivity contribution >= 4 is 35.1 Å². The number of aromatic amines is 1. The molecule has 2 aromatic carbocycles. The molecule has 8 nitrogen and oxygen atoms in total. The Kier molecular flexibility index (Phi) is 8.69. The summed E-state index contributed by atoms with van der Waals surface area (Å²) in [6.45, 7) is 9.43. The molecule has 41 heavy (non-hydrogen) atoms. The summed E-state index contributed by atoms with van der Waals surface area (Å²) in [7, 11) is 0. The van der Waals surface area contributed by atoms with Gasteiger partial charge in [-0.2, -0.15) is 0 Å². The van der Waals surface area contributed by atoms with Crippen LogP contribution in [0.4, 0.5) is 5.69 Å². The monoisotopic (exact) mass is 553 g/mol. The third kappa shape index (κ3) is 6.28. The molecule has 5 rings (SSSR count). The molecule has 4 N–H and O–H groups in total. The second-order valence-electron chi connectivity index (χ2n) is 10.9. The maximum absolute atomic E-state index is 13.2. The Hall–Kier alpha value is -4.17. The van der Waals surface area contributed by atoms with Gasteiger partial charge in [0.05, 0.1) is 17.2 Å². The van der Waals surface area contributed by atoms with Gasteiger partial charge in [-0.1, -0.05) is 43.7 Å². The van der Waals surface area contributed by atoms with Gasteiger partial charge in [-0.3, -0.25) is 14.4 Å². The molecular weight excluding hydrogens is 514 g/mol. The number of amides is 3. The first-order valence-corrected chi connectivity index (χ1v) is 14.6. The first-order chi connectivity index (χ1) is 19.9. The molecule has 8 heteroatoms. The number of nitrogens with zero attached hydrogens (tertiary/aromatic N) is 1. The summed E-state index contributed by atoms with van der Waals surface area (Å²) in [5, 5.41) is 9.08. The van der Waals surface area contributed by atoms with Crippen molar-refractivity contribution in [3.63, 3.8) is 0 Å². The largest absolute Gasteiger partial charge is 0.358 e. The van der Waals surface area contributed by atoms with Crippen LogP contribution in [0, 0.1) is 13.8 Å². The van der Waals surface area contributed by atoms with Crippen molar-refractivity contribution in [2.45, 2.75) is 52.5 Å². The predicted octanol–water partition coefficient (Wildman–Crippen LogP) is 5.22. The van der Waals surface area contributed by atoms with Gasteiger partial charge in [-0.25, -0.2) is 0 Å². The van der Waals surface area contributed by atoms with E-state index in [9.17, 15) is 14.4 Å². The number of hydrogen-bond donors (Lipinski definition) is 4.